The van der Waals surface area contributed by atoms with E-state index in [9.17, 15) is 14.4 Å². The summed E-state index contributed by atoms with van der Waals surface area (Å²) < 4.78 is 0. The van der Waals surface area contributed by atoms with Crippen LogP contribution in [-0.4, -0.2) is 47.3 Å². The van der Waals surface area contributed by atoms with Crippen LogP contribution in [0.25, 0.3) is 0 Å². The van der Waals surface area contributed by atoms with E-state index in [1.54, 1.807) is 20.2 Å². The zero-order valence-electron chi connectivity index (χ0n) is 14.1. The summed E-state index contributed by atoms with van der Waals surface area (Å²) >= 11 is 0. The lowest BCUT2D eigenvalue weighted by molar-refractivity contribution is 0.0682. The Morgan fingerprint density at radius 2 is 1.23 bits per heavy atom. The van der Waals surface area contributed by atoms with E-state index >= 15 is 0 Å². The molecule has 0 aliphatic heterocycles. The molecule has 0 radical (unpaired) electrons. The van der Waals surface area contributed by atoms with Gasteiger partial charge in [-0.1, -0.05) is 0 Å². The third-order valence-electron chi connectivity index (χ3n) is 3.33. The summed E-state index contributed by atoms with van der Waals surface area (Å²) in [6, 6.07) is 8.46. The zero-order valence-corrected chi connectivity index (χ0v) is 14.1. The van der Waals surface area contributed by atoms with Gasteiger partial charge in [-0.05, 0) is 36.4 Å². The molecular formula is C17H19N3O6. The van der Waals surface area contributed by atoms with Gasteiger partial charge in [-0.15, -0.1) is 0 Å². The fourth-order valence-electron chi connectivity index (χ4n) is 2.00. The van der Waals surface area contributed by atoms with Crippen molar-refractivity contribution in [2.45, 2.75) is 0 Å². The van der Waals surface area contributed by atoms with Gasteiger partial charge in [0.25, 0.3) is 0 Å². The summed E-state index contributed by atoms with van der Waals surface area (Å²) in [5.41, 5.74) is 7.22. The van der Waals surface area contributed by atoms with Crippen molar-refractivity contribution in [1.29, 1.82) is 0 Å². The molecule has 9 nitrogen and oxygen atoms in total. The molecule has 0 spiro atoms. The number of nitrogens with one attached hydrogen (secondary N) is 2. The first-order chi connectivity index (χ1) is 12.2. The number of aromatic carboxylic acids is 3. The Morgan fingerprint density at radius 1 is 0.769 bits per heavy atom. The Kier molecular flexibility index (Phi) is 6.97. The van der Waals surface area contributed by atoms with Crippen molar-refractivity contribution in [3.8, 4) is 0 Å². The van der Waals surface area contributed by atoms with Crippen LogP contribution in [-0.2, 0) is 0 Å². The number of carboxylic acids is 3. The maximum absolute atomic E-state index is 10.7. The minimum atomic E-state index is -1.16. The van der Waals surface area contributed by atoms with Crippen molar-refractivity contribution >= 4 is 35.0 Å². The lowest BCUT2D eigenvalue weighted by atomic mass is 10.1. The number of carbonyl (C=O) groups is 3. The van der Waals surface area contributed by atoms with Crippen LogP contribution in [0.2, 0.25) is 0 Å². The first kappa shape index (κ1) is 20.3. The number of rotatable bonds is 5. The molecule has 0 bridgehead atoms. The van der Waals surface area contributed by atoms with E-state index < -0.39 is 17.9 Å². The van der Waals surface area contributed by atoms with Crippen molar-refractivity contribution in [1.82, 2.24) is 0 Å². The second kappa shape index (κ2) is 8.92. The summed E-state index contributed by atoms with van der Waals surface area (Å²) in [5, 5.41) is 31.5. The molecule has 7 N–H and O–H groups in total. The van der Waals surface area contributed by atoms with E-state index in [2.05, 4.69) is 10.6 Å². The molecule has 0 heterocycles. The topological polar surface area (TPSA) is 162 Å². The van der Waals surface area contributed by atoms with Crippen LogP contribution in [0.4, 0.5) is 17.1 Å². The average Bonchev–Trinajstić information content (AvgIpc) is 2.61. The van der Waals surface area contributed by atoms with Crippen molar-refractivity contribution < 1.29 is 29.7 Å². The maximum Gasteiger partial charge on any atom is 0.337 e. The van der Waals surface area contributed by atoms with Crippen LogP contribution in [0, 0.1) is 0 Å². The molecule has 0 atom stereocenters. The standard InChI is InChI=1S/C9H9NO4.C8H10N2O2/c1-10-7-3-2-5(8(11)12)4-6(7)9(13)14;1-10-7-3-2-5(8(11)12)4-6(7)9/h2-4,10H,1H3,(H,11,12)(H,13,14);2-4,10H,9H2,1H3,(H,11,12). The number of hydrogen-bond donors (Lipinski definition) is 6. The highest BCUT2D eigenvalue weighted by molar-refractivity contribution is 5.98. The molecule has 0 saturated heterocycles. The van der Waals surface area contributed by atoms with Gasteiger partial charge in [0.05, 0.1) is 28.1 Å². The van der Waals surface area contributed by atoms with Gasteiger partial charge in [-0.25, -0.2) is 14.4 Å². The monoisotopic (exact) mass is 361 g/mol. The highest BCUT2D eigenvalue weighted by Crippen LogP contribution is 2.19. The maximum atomic E-state index is 10.7. The Morgan fingerprint density at radius 3 is 1.62 bits per heavy atom. The van der Waals surface area contributed by atoms with Crippen molar-refractivity contribution in [2.75, 3.05) is 30.5 Å². The number of benzene rings is 2. The van der Waals surface area contributed by atoms with E-state index in [0.29, 0.717) is 11.4 Å². The number of hydrogen-bond acceptors (Lipinski definition) is 6. The Bertz CT molecular complexity index is 835. The van der Waals surface area contributed by atoms with Crippen LogP contribution in [0.15, 0.2) is 36.4 Å². The van der Waals surface area contributed by atoms with E-state index in [1.807, 2.05) is 0 Å². The van der Waals surface area contributed by atoms with Gasteiger partial charge in [-0.2, -0.15) is 0 Å². The van der Waals surface area contributed by atoms with Gasteiger partial charge in [0, 0.05) is 19.8 Å². The van der Waals surface area contributed by atoms with Crippen molar-refractivity contribution in [2.24, 2.45) is 0 Å². The Labute approximate surface area is 149 Å². The molecule has 0 saturated carbocycles. The van der Waals surface area contributed by atoms with Crippen LogP contribution in [0.5, 0.6) is 0 Å². The Hall–Kier alpha value is -3.75. The fourth-order valence-corrected chi connectivity index (χ4v) is 2.00. The lowest BCUT2D eigenvalue weighted by Gasteiger charge is -2.05. The third-order valence-corrected chi connectivity index (χ3v) is 3.33. The van der Waals surface area contributed by atoms with Gasteiger partial charge in [0.1, 0.15) is 0 Å². The molecular weight excluding hydrogens is 342 g/mol. The van der Waals surface area contributed by atoms with Crippen molar-refractivity contribution in [3.63, 3.8) is 0 Å². The average molecular weight is 361 g/mol. The molecule has 26 heavy (non-hydrogen) atoms. The van der Waals surface area contributed by atoms with Gasteiger partial charge >= 0.3 is 17.9 Å². The third kappa shape index (κ3) is 5.13. The van der Waals surface area contributed by atoms with E-state index in [-0.39, 0.29) is 16.7 Å². The molecule has 9 heteroatoms. The first-order valence-corrected chi connectivity index (χ1v) is 7.30. The smallest absolute Gasteiger partial charge is 0.337 e. The van der Waals surface area contributed by atoms with E-state index in [1.165, 1.54) is 24.3 Å². The van der Waals surface area contributed by atoms with Gasteiger partial charge < -0.3 is 31.7 Å². The lowest BCUT2D eigenvalue weighted by Crippen LogP contribution is -2.05. The van der Waals surface area contributed by atoms with Crippen LogP contribution in [0.1, 0.15) is 31.1 Å². The molecule has 0 amide bonds. The SMILES string of the molecule is CNc1ccc(C(=O)O)cc1C(=O)O.CNc1ccc(C(=O)O)cc1N. The molecule has 2 rings (SSSR count). The molecule has 0 aliphatic carbocycles. The fraction of sp³-hybridized carbons (Fsp3) is 0.118. The number of anilines is 3. The second-order valence-electron chi connectivity index (χ2n) is 4.98. The summed E-state index contributed by atoms with van der Waals surface area (Å²) in [6.07, 6.45) is 0. The van der Waals surface area contributed by atoms with Gasteiger partial charge in [-0.3, -0.25) is 0 Å². The normalized spacial score (nSPS) is 9.46. The summed E-state index contributed by atoms with van der Waals surface area (Å²) in [4.78, 5) is 31.8. The second-order valence-corrected chi connectivity index (χ2v) is 4.98. The Balaban J connectivity index is 0.000000263. The molecule has 2 aromatic carbocycles. The van der Waals surface area contributed by atoms with Crippen LogP contribution in [0.3, 0.4) is 0 Å². The molecule has 0 fully saturated rings. The van der Waals surface area contributed by atoms with Crippen molar-refractivity contribution in [3.05, 3.63) is 53.1 Å². The highest BCUT2D eigenvalue weighted by Gasteiger charge is 2.12. The van der Waals surface area contributed by atoms with E-state index in [0.717, 1.165) is 11.8 Å². The summed E-state index contributed by atoms with van der Waals surface area (Å²) in [7, 11) is 3.30. The highest BCUT2D eigenvalue weighted by atomic mass is 16.4. The molecule has 138 valence electrons. The van der Waals surface area contributed by atoms with Crippen LogP contribution < -0.4 is 16.4 Å². The molecule has 0 aromatic heterocycles. The molecule has 2 aromatic rings. The summed E-state index contributed by atoms with van der Waals surface area (Å²) in [5.74, 6) is -3.27. The zero-order chi connectivity index (χ0) is 19.9. The minimum Gasteiger partial charge on any atom is -0.478 e. The quantitative estimate of drug-likeness (QED) is 0.438. The number of nitrogens with two attached hydrogens (primary N) is 1. The molecule has 0 unspecified atom stereocenters. The number of carboxylic acid groups (broad SMARTS) is 3. The summed E-state index contributed by atoms with van der Waals surface area (Å²) in [6.45, 7) is 0. The minimum absolute atomic E-state index is 0.0404. The van der Waals surface area contributed by atoms with E-state index in [4.69, 9.17) is 21.1 Å². The van der Waals surface area contributed by atoms with Gasteiger partial charge in [0.15, 0.2) is 0 Å². The predicted molar refractivity (Wildman–Crippen MR) is 97.3 cm³/mol. The van der Waals surface area contributed by atoms with Crippen LogP contribution >= 0.6 is 0 Å². The largest absolute Gasteiger partial charge is 0.478 e. The number of nitrogen functional groups attached to an aromatic ring is 1. The first-order valence-electron chi connectivity index (χ1n) is 7.30. The predicted octanol–water partition coefficient (Wildman–Crippen LogP) is 2.13. The molecule has 0 aliphatic rings. The van der Waals surface area contributed by atoms with Gasteiger partial charge in [0.2, 0.25) is 0 Å².